The Labute approximate surface area is 113 Å². The zero-order valence-electron chi connectivity index (χ0n) is 10.4. The van der Waals surface area contributed by atoms with Gasteiger partial charge in [-0.05, 0) is 37.0 Å². The Hall–Kier alpha value is -0.770. The van der Waals surface area contributed by atoms with Crippen LogP contribution in [0.4, 0.5) is 0 Å². The van der Waals surface area contributed by atoms with Crippen LogP contribution in [0.3, 0.4) is 0 Å². The van der Waals surface area contributed by atoms with Crippen LogP contribution in [-0.2, 0) is 6.54 Å². The highest BCUT2D eigenvalue weighted by molar-refractivity contribution is 6.30. The molecule has 3 nitrogen and oxygen atoms in total. The second-order valence-corrected chi connectivity index (χ2v) is 5.42. The van der Waals surface area contributed by atoms with Crippen molar-refractivity contribution >= 4 is 11.6 Å². The fraction of sp³-hybridized carbons (Fsp3) is 0.571. The molecule has 2 rings (SSSR count). The SMILES string of the molecule is OCC1CCCCC1NCc1cc(Cl)ccc1O. The van der Waals surface area contributed by atoms with Crippen LogP contribution in [0.15, 0.2) is 18.2 Å². The monoisotopic (exact) mass is 269 g/mol. The van der Waals surface area contributed by atoms with Gasteiger partial charge < -0.3 is 15.5 Å². The molecule has 0 bridgehead atoms. The maximum Gasteiger partial charge on any atom is 0.120 e. The van der Waals surface area contributed by atoms with E-state index in [0.29, 0.717) is 23.5 Å². The molecular weight excluding hydrogens is 250 g/mol. The first-order chi connectivity index (χ1) is 8.70. The number of rotatable bonds is 4. The Morgan fingerprint density at radius 3 is 2.83 bits per heavy atom. The zero-order chi connectivity index (χ0) is 13.0. The van der Waals surface area contributed by atoms with Crippen molar-refractivity contribution in [3.63, 3.8) is 0 Å². The highest BCUT2D eigenvalue weighted by Gasteiger charge is 2.23. The third-order valence-corrected chi connectivity index (χ3v) is 3.97. The van der Waals surface area contributed by atoms with E-state index in [-0.39, 0.29) is 12.4 Å². The summed E-state index contributed by atoms with van der Waals surface area (Å²) in [5.74, 6) is 0.600. The van der Waals surface area contributed by atoms with Crippen LogP contribution in [0.2, 0.25) is 5.02 Å². The van der Waals surface area contributed by atoms with E-state index in [1.54, 1.807) is 18.2 Å². The van der Waals surface area contributed by atoms with Crippen LogP contribution in [0.25, 0.3) is 0 Å². The summed E-state index contributed by atoms with van der Waals surface area (Å²) < 4.78 is 0. The van der Waals surface area contributed by atoms with Crippen molar-refractivity contribution in [2.75, 3.05) is 6.61 Å². The van der Waals surface area contributed by atoms with Crippen LogP contribution >= 0.6 is 11.6 Å². The number of aliphatic hydroxyl groups is 1. The molecule has 4 heteroatoms. The highest BCUT2D eigenvalue weighted by atomic mass is 35.5. The van der Waals surface area contributed by atoms with E-state index < -0.39 is 0 Å². The van der Waals surface area contributed by atoms with E-state index in [1.165, 1.54) is 12.8 Å². The van der Waals surface area contributed by atoms with Gasteiger partial charge in [0.25, 0.3) is 0 Å². The summed E-state index contributed by atoms with van der Waals surface area (Å²) in [5, 5.41) is 23.1. The van der Waals surface area contributed by atoms with E-state index in [9.17, 15) is 10.2 Å². The third kappa shape index (κ3) is 3.37. The largest absolute Gasteiger partial charge is 0.508 e. The van der Waals surface area contributed by atoms with E-state index in [0.717, 1.165) is 18.4 Å². The zero-order valence-corrected chi connectivity index (χ0v) is 11.2. The van der Waals surface area contributed by atoms with Crippen LogP contribution in [0.5, 0.6) is 5.75 Å². The topological polar surface area (TPSA) is 52.5 Å². The molecule has 0 heterocycles. The number of halogens is 1. The number of phenols is 1. The van der Waals surface area contributed by atoms with Gasteiger partial charge in [-0.15, -0.1) is 0 Å². The van der Waals surface area contributed by atoms with Crippen LogP contribution in [0.1, 0.15) is 31.2 Å². The second kappa shape index (κ2) is 6.41. The summed E-state index contributed by atoms with van der Waals surface area (Å²) in [6.07, 6.45) is 4.57. The third-order valence-electron chi connectivity index (χ3n) is 3.74. The van der Waals surface area contributed by atoms with Gasteiger partial charge in [-0.2, -0.15) is 0 Å². The molecule has 0 aliphatic heterocycles. The van der Waals surface area contributed by atoms with Gasteiger partial charge in [0.1, 0.15) is 5.75 Å². The van der Waals surface area contributed by atoms with Gasteiger partial charge >= 0.3 is 0 Å². The molecular formula is C14H20ClNO2. The average Bonchev–Trinajstić information content (AvgIpc) is 2.40. The number of nitrogens with one attached hydrogen (secondary N) is 1. The molecule has 3 N–H and O–H groups in total. The predicted molar refractivity (Wildman–Crippen MR) is 72.8 cm³/mol. The van der Waals surface area contributed by atoms with Gasteiger partial charge in [0.15, 0.2) is 0 Å². The van der Waals surface area contributed by atoms with Gasteiger partial charge in [-0.25, -0.2) is 0 Å². The van der Waals surface area contributed by atoms with Gasteiger partial charge in [-0.1, -0.05) is 24.4 Å². The fourth-order valence-corrected chi connectivity index (χ4v) is 2.83. The molecule has 0 saturated heterocycles. The molecule has 0 radical (unpaired) electrons. The van der Waals surface area contributed by atoms with Crippen molar-refractivity contribution in [1.82, 2.24) is 5.32 Å². The lowest BCUT2D eigenvalue weighted by Crippen LogP contribution is -2.39. The number of hydrogen-bond donors (Lipinski definition) is 3. The number of phenolic OH excluding ortho intramolecular Hbond substituents is 1. The fourth-order valence-electron chi connectivity index (χ4n) is 2.63. The molecule has 2 unspecified atom stereocenters. The first-order valence-electron chi connectivity index (χ1n) is 6.52. The van der Waals surface area contributed by atoms with Gasteiger partial charge in [0.2, 0.25) is 0 Å². The molecule has 0 aromatic heterocycles. The first kappa shape index (κ1) is 13.7. The van der Waals surface area contributed by atoms with E-state index in [1.807, 2.05) is 0 Å². The van der Waals surface area contributed by atoms with Crippen molar-refractivity contribution < 1.29 is 10.2 Å². The Morgan fingerprint density at radius 1 is 1.28 bits per heavy atom. The molecule has 0 spiro atoms. The molecule has 18 heavy (non-hydrogen) atoms. The summed E-state index contributed by atoms with van der Waals surface area (Å²) >= 11 is 5.92. The normalized spacial score (nSPS) is 24.1. The molecule has 1 aromatic carbocycles. The lowest BCUT2D eigenvalue weighted by Gasteiger charge is -2.31. The number of aliphatic hydroxyl groups excluding tert-OH is 1. The maximum absolute atomic E-state index is 9.74. The second-order valence-electron chi connectivity index (χ2n) is 4.99. The first-order valence-corrected chi connectivity index (χ1v) is 6.90. The molecule has 1 aromatic rings. The van der Waals surface area contributed by atoms with Gasteiger partial charge in [0.05, 0.1) is 0 Å². The molecule has 2 atom stereocenters. The van der Waals surface area contributed by atoms with Crippen LogP contribution in [-0.4, -0.2) is 22.9 Å². The van der Waals surface area contributed by atoms with Crippen molar-refractivity contribution in [2.24, 2.45) is 5.92 Å². The van der Waals surface area contributed by atoms with Gasteiger partial charge in [-0.3, -0.25) is 0 Å². The molecule has 1 aliphatic rings. The average molecular weight is 270 g/mol. The summed E-state index contributed by atoms with van der Waals surface area (Å²) in [6, 6.07) is 5.41. The van der Waals surface area contributed by atoms with Crippen molar-refractivity contribution in [2.45, 2.75) is 38.3 Å². The maximum atomic E-state index is 9.74. The highest BCUT2D eigenvalue weighted by Crippen LogP contribution is 2.26. The van der Waals surface area contributed by atoms with Crippen molar-refractivity contribution in [3.8, 4) is 5.75 Å². The lowest BCUT2D eigenvalue weighted by atomic mass is 9.85. The molecule has 1 saturated carbocycles. The van der Waals surface area contributed by atoms with Crippen LogP contribution < -0.4 is 5.32 Å². The quantitative estimate of drug-likeness (QED) is 0.788. The standard InChI is InChI=1S/C14H20ClNO2/c15-12-5-6-14(18)11(7-12)8-16-13-4-2-1-3-10(13)9-17/h5-7,10,13,16-18H,1-4,8-9H2. The molecule has 0 amide bonds. The van der Waals surface area contributed by atoms with Gasteiger partial charge in [0, 0.05) is 29.8 Å². The Bertz CT molecular complexity index is 397. The number of benzene rings is 1. The summed E-state index contributed by atoms with van der Waals surface area (Å²) in [6.45, 7) is 0.826. The number of hydrogen-bond acceptors (Lipinski definition) is 3. The Kier molecular flexibility index (Phi) is 4.87. The smallest absolute Gasteiger partial charge is 0.120 e. The summed E-state index contributed by atoms with van der Waals surface area (Å²) in [4.78, 5) is 0. The minimum atomic E-state index is 0.235. The lowest BCUT2D eigenvalue weighted by molar-refractivity contribution is 0.152. The number of aromatic hydroxyl groups is 1. The van der Waals surface area contributed by atoms with Crippen LogP contribution in [0, 0.1) is 5.92 Å². The van der Waals surface area contributed by atoms with E-state index >= 15 is 0 Å². The molecule has 100 valence electrons. The predicted octanol–water partition coefficient (Wildman–Crippen LogP) is 2.69. The summed E-state index contributed by atoms with van der Waals surface area (Å²) in [7, 11) is 0. The van der Waals surface area contributed by atoms with E-state index in [4.69, 9.17) is 11.6 Å². The molecule has 1 aliphatic carbocycles. The van der Waals surface area contributed by atoms with Crippen molar-refractivity contribution in [1.29, 1.82) is 0 Å². The van der Waals surface area contributed by atoms with Crippen molar-refractivity contribution in [3.05, 3.63) is 28.8 Å². The minimum absolute atomic E-state index is 0.235. The Balaban J connectivity index is 1.95. The van der Waals surface area contributed by atoms with E-state index in [2.05, 4.69) is 5.32 Å². The Morgan fingerprint density at radius 2 is 2.06 bits per heavy atom. The minimum Gasteiger partial charge on any atom is -0.508 e. The summed E-state index contributed by atoms with van der Waals surface area (Å²) in [5.41, 5.74) is 0.810. The molecule has 1 fully saturated rings.